The minimum absolute atomic E-state index is 0.0798. The smallest absolute Gasteiger partial charge is 0.246 e. The van der Waals surface area contributed by atoms with Crippen molar-refractivity contribution >= 4 is 5.91 Å². The predicted octanol–water partition coefficient (Wildman–Crippen LogP) is 3.90. The van der Waals surface area contributed by atoms with E-state index in [1.165, 1.54) is 44.3 Å². The van der Waals surface area contributed by atoms with Crippen LogP contribution < -0.4 is 5.32 Å². The van der Waals surface area contributed by atoms with Crippen LogP contribution in [0.2, 0.25) is 0 Å². The Kier molecular flexibility index (Phi) is 7.87. The van der Waals surface area contributed by atoms with Gasteiger partial charge in [-0.05, 0) is 42.6 Å². The van der Waals surface area contributed by atoms with Crippen LogP contribution in [-0.2, 0) is 29.2 Å². The number of hydrogen-bond donors (Lipinski definition) is 1. The van der Waals surface area contributed by atoms with Crippen molar-refractivity contribution in [2.24, 2.45) is 0 Å². The highest BCUT2D eigenvalue weighted by molar-refractivity contribution is 5.77. The van der Waals surface area contributed by atoms with Crippen molar-refractivity contribution < 1.29 is 9.53 Å². The summed E-state index contributed by atoms with van der Waals surface area (Å²) in [5.74, 6) is -0.0798. The molecule has 4 heteroatoms. The lowest BCUT2D eigenvalue weighted by Gasteiger charge is -2.20. The molecule has 0 aliphatic carbocycles. The molecule has 2 aromatic rings. The molecule has 0 radical (unpaired) electrons. The average Bonchev–Trinajstić information content (AvgIpc) is 2.96. The van der Waals surface area contributed by atoms with E-state index >= 15 is 0 Å². The van der Waals surface area contributed by atoms with Gasteiger partial charge in [-0.1, -0.05) is 67.4 Å². The molecule has 1 fully saturated rings. The normalized spacial score (nSPS) is 15.3. The van der Waals surface area contributed by atoms with E-state index in [2.05, 4.69) is 34.5 Å². The molecule has 3 rings (SSSR count). The summed E-state index contributed by atoms with van der Waals surface area (Å²) in [6, 6.07) is 18.4. The summed E-state index contributed by atoms with van der Waals surface area (Å²) in [6.07, 6.45) is 5.32. The second kappa shape index (κ2) is 10.9. The molecule has 1 aliphatic rings. The van der Waals surface area contributed by atoms with E-state index in [0.717, 1.165) is 17.7 Å². The second-order valence-electron chi connectivity index (χ2n) is 7.27. The van der Waals surface area contributed by atoms with Crippen LogP contribution in [0.5, 0.6) is 0 Å². The fourth-order valence-electron chi connectivity index (χ4n) is 3.48. The van der Waals surface area contributed by atoms with Gasteiger partial charge in [-0.25, -0.2) is 0 Å². The first-order valence-corrected chi connectivity index (χ1v) is 9.98. The number of carbonyl (C=O) groups is 1. The van der Waals surface area contributed by atoms with Gasteiger partial charge in [0.05, 0.1) is 6.61 Å². The van der Waals surface area contributed by atoms with E-state index in [9.17, 15) is 4.79 Å². The van der Waals surface area contributed by atoms with Crippen molar-refractivity contribution in [1.82, 2.24) is 10.2 Å². The van der Waals surface area contributed by atoms with Gasteiger partial charge in [-0.2, -0.15) is 0 Å². The van der Waals surface area contributed by atoms with E-state index in [0.29, 0.717) is 13.2 Å². The van der Waals surface area contributed by atoms with Crippen LogP contribution in [0.15, 0.2) is 54.6 Å². The van der Waals surface area contributed by atoms with Crippen LogP contribution in [0.1, 0.15) is 42.4 Å². The van der Waals surface area contributed by atoms with Crippen molar-refractivity contribution in [2.75, 3.05) is 19.7 Å². The van der Waals surface area contributed by atoms with Crippen LogP contribution in [0, 0.1) is 0 Å². The third kappa shape index (κ3) is 7.16. The lowest BCUT2D eigenvalue weighted by atomic mass is 10.1. The highest BCUT2D eigenvalue weighted by atomic mass is 16.5. The fraction of sp³-hybridized carbons (Fsp3) is 0.435. The minimum Gasteiger partial charge on any atom is -0.367 e. The molecule has 144 valence electrons. The molecule has 1 amide bonds. The third-order valence-corrected chi connectivity index (χ3v) is 4.93. The molecule has 0 unspecified atom stereocenters. The maximum atomic E-state index is 12.0. The van der Waals surface area contributed by atoms with E-state index < -0.39 is 0 Å². The SMILES string of the molecule is O=C(COCc1ccccc1)NCc1cccc(CN2CCCCCC2)c1. The Labute approximate surface area is 162 Å². The zero-order valence-electron chi connectivity index (χ0n) is 16.0. The summed E-state index contributed by atoms with van der Waals surface area (Å²) in [5.41, 5.74) is 3.54. The zero-order valence-corrected chi connectivity index (χ0v) is 16.0. The van der Waals surface area contributed by atoms with Crippen LogP contribution in [0.4, 0.5) is 0 Å². The fourth-order valence-corrected chi connectivity index (χ4v) is 3.48. The Morgan fingerprint density at radius 1 is 0.889 bits per heavy atom. The molecule has 1 saturated heterocycles. The monoisotopic (exact) mass is 366 g/mol. The van der Waals surface area contributed by atoms with Gasteiger partial charge in [0, 0.05) is 13.1 Å². The molecule has 4 nitrogen and oxygen atoms in total. The maximum Gasteiger partial charge on any atom is 0.246 e. The van der Waals surface area contributed by atoms with Crippen LogP contribution >= 0.6 is 0 Å². The number of nitrogens with zero attached hydrogens (tertiary/aromatic N) is 1. The van der Waals surface area contributed by atoms with Gasteiger partial charge in [0.25, 0.3) is 0 Å². The van der Waals surface area contributed by atoms with E-state index in [4.69, 9.17) is 4.74 Å². The number of nitrogens with one attached hydrogen (secondary N) is 1. The zero-order chi connectivity index (χ0) is 18.7. The molecule has 1 N–H and O–H groups in total. The van der Waals surface area contributed by atoms with E-state index in [1.807, 2.05) is 30.3 Å². The van der Waals surface area contributed by atoms with Crippen LogP contribution in [-0.4, -0.2) is 30.5 Å². The Balaban J connectivity index is 1.40. The number of ether oxygens (including phenoxy) is 1. The maximum absolute atomic E-state index is 12.0. The average molecular weight is 367 g/mol. The molecule has 0 aromatic heterocycles. The molecule has 2 aromatic carbocycles. The van der Waals surface area contributed by atoms with Gasteiger partial charge in [0.2, 0.25) is 5.91 Å². The van der Waals surface area contributed by atoms with Crippen LogP contribution in [0.25, 0.3) is 0 Å². The summed E-state index contributed by atoms with van der Waals surface area (Å²) in [5, 5.41) is 2.95. The van der Waals surface area contributed by atoms with Crippen molar-refractivity contribution in [2.45, 2.75) is 45.4 Å². The standard InChI is InChI=1S/C23H30N2O2/c26-23(19-27-18-20-9-4-3-5-10-20)24-16-21-11-8-12-22(15-21)17-25-13-6-1-2-7-14-25/h3-5,8-12,15H,1-2,6-7,13-14,16-19H2,(H,24,26). The molecular weight excluding hydrogens is 336 g/mol. The topological polar surface area (TPSA) is 41.6 Å². The summed E-state index contributed by atoms with van der Waals surface area (Å²) in [7, 11) is 0. The molecule has 0 saturated carbocycles. The van der Waals surface area contributed by atoms with Crippen molar-refractivity contribution in [3.8, 4) is 0 Å². The van der Waals surface area contributed by atoms with Crippen LogP contribution in [0.3, 0.4) is 0 Å². The summed E-state index contributed by atoms with van der Waals surface area (Å²) < 4.78 is 5.49. The van der Waals surface area contributed by atoms with Gasteiger partial charge in [-0.3, -0.25) is 9.69 Å². The van der Waals surface area contributed by atoms with Gasteiger partial charge < -0.3 is 10.1 Å². The first-order chi connectivity index (χ1) is 13.3. The Morgan fingerprint density at radius 2 is 1.59 bits per heavy atom. The molecule has 0 spiro atoms. The number of likely N-dealkylation sites (tertiary alicyclic amines) is 1. The van der Waals surface area contributed by atoms with Crippen molar-refractivity contribution in [1.29, 1.82) is 0 Å². The molecule has 27 heavy (non-hydrogen) atoms. The van der Waals surface area contributed by atoms with Gasteiger partial charge in [-0.15, -0.1) is 0 Å². The Hall–Kier alpha value is -2.17. The highest BCUT2D eigenvalue weighted by Crippen LogP contribution is 2.14. The first-order valence-electron chi connectivity index (χ1n) is 9.98. The van der Waals surface area contributed by atoms with E-state index in [-0.39, 0.29) is 12.5 Å². The third-order valence-electron chi connectivity index (χ3n) is 4.93. The molecular formula is C23H30N2O2. The molecule has 0 atom stereocenters. The number of carbonyl (C=O) groups excluding carboxylic acids is 1. The first kappa shape index (κ1) is 19.6. The second-order valence-corrected chi connectivity index (χ2v) is 7.27. The largest absolute Gasteiger partial charge is 0.367 e. The lowest BCUT2D eigenvalue weighted by Crippen LogP contribution is -2.27. The molecule has 1 aliphatic heterocycles. The number of rotatable bonds is 8. The summed E-state index contributed by atoms with van der Waals surface area (Å²) in [4.78, 5) is 14.5. The van der Waals surface area contributed by atoms with Gasteiger partial charge in [0.15, 0.2) is 0 Å². The molecule has 0 bridgehead atoms. The summed E-state index contributed by atoms with van der Waals surface area (Å²) in [6.45, 7) is 4.48. The quantitative estimate of drug-likeness (QED) is 0.770. The number of benzene rings is 2. The lowest BCUT2D eigenvalue weighted by molar-refractivity contribution is -0.126. The van der Waals surface area contributed by atoms with Crippen molar-refractivity contribution in [3.05, 3.63) is 71.3 Å². The number of amides is 1. The predicted molar refractivity (Wildman–Crippen MR) is 108 cm³/mol. The van der Waals surface area contributed by atoms with Gasteiger partial charge in [0.1, 0.15) is 6.61 Å². The Bertz CT molecular complexity index is 695. The minimum atomic E-state index is -0.0798. The Morgan fingerprint density at radius 3 is 2.37 bits per heavy atom. The van der Waals surface area contributed by atoms with E-state index in [1.54, 1.807) is 0 Å². The van der Waals surface area contributed by atoms with Crippen molar-refractivity contribution in [3.63, 3.8) is 0 Å². The van der Waals surface area contributed by atoms with Gasteiger partial charge >= 0.3 is 0 Å². The summed E-state index contributed by atoms with van der Waals surface area (Å²) >= 11 is 0. The number of hydrogen-bond acceptors (Lipinski definition) is 3. The molecule has 1 heterocycles. The highest BCUT2D eigenvalue weighted by Gasteiger charge is 2.10.